The van der Waals surface area contributed by atoms with Crippen LogP contribution >= 0.6 is 11.3 Å². The highest BCUT2D eigenvalue weighted by molar-refractivity contribution is 7.10. The number of benzene rings is 1. The molecule has 0 fully saturated rings. The zero-order valence-corrected chi connectivity index (χ0v) is 13.7. The quantitative estimate of drug-likeness (QED) is 0.824. The topological polar surface area (TPSA) is 58.6 Å². The van der Waals surface area contributed by atoms with Crippen LogP contribution < -0.4 is 10.1 Å². The molecule has 22 heavy (non-hydrogen) atoms. The average Bonchev–Trinajstić information content (AvgIpc) is 2.99. The highest BCUT2D eigenvalue weighted by Gasteiger charge is 2.22. The van der Waals surface area contributed by atoms with Crippen molar-refractivity contribution in [3.8, 4) is 5.75 Å². The van der Waals surface area contributed by atoms with Crippen LogP contribution in [0.5, 0.6) is 5.75 Å². The first kappa shape index (κ1) is 16.5. The highest BCUT2D eigenvalue weighted by atomic mass is 32.1. The second-order valence-electron chi connectivity index (χ2n) is 5.55. The number of rotatable bonds is 7. The maximum atomic E-state index is 11.9. The molecular weight excluding hydrogens is 298 g/mol. The maximum Gasteiger partial charge on any atom is 0.225 e. The van der Waals surface area contributed by atoms with Gasteiger partial charge in [0, 0.05) is 17.8 Å². The van der Waals surface area contributed by atoms with Crippen LogP contribution in [-0.2, 0) is 17.6 Å². The summed E-state index contributed by atoms with van der Waals surface area (Å²) in [5.41, 5.74) is 0.0120. The van der Waals surface area contributed by atoms with E-state index in [1.165, 1.54) is 0 Å². The standard InChI is InChI=1S/C17H21NO3S/c1-17(20,11-13-5-7-14(21-2)8-6-13)12-18-16(19)10-15-4-3-9-22-15/h3-9,20H,10-12H2,1-2H3,(H,18,19)/t17-/m1/s1. The van der Waals surface area contributed by atoms with Crippen molar-refractivity contribution in [3.63, 3.8) is 0 Å². The molecule has 0 saturated carbocycles. The summed E-state index contributed by atoms with van der Waals surface area (Å²) in [5.74, 6) is 0.713. The summed E-state index contributed by atoms with van der Waals surface area (Å²) in [4.78, 5) is 12.9. The lowest BCUT2D eigenvalue weighted by atomic mass is 9.96. The van der Waals surface area contributed by atoms with Crippen molar-refractivity contribution in [2.45, 2.75) is 25.4 Å². The molecule has 0 aliphatic carbocycles. The summed E-state index contributed by atoms with van der Waals surface area (Å²) >= 11 is 1.56. The SMILES string of the molecule is COc1ccc(C[C@@](C)(O)CNC(=O)Cc2cccs2)cc1. The molecule has 1 aromatic carbocycles. The van der Waals surface area contributed by atoms with Crippen molar-refractivity contribution >= 4 is 17.2 Å². The molecule has 1 aromatic heterocycles. The minimum Gasteiger partial charge on any atom is -0.497 e. The second-order valence-corrected chi connectivity index (χ2v) is 6.59. The Morgan fingerprint density at radius 3 is 2.64 bits per heavy atom. The molecule has 0 unspecified atom stereocenters. The van der Waals surface area contributed by atoms with Gasteiger partial charge in [-0.2, -0.15) is 0 Å². The van der Waals surface area contributed by atoms with Gasteiger partial charge >= 0.3 is 0 Å². The number of ether oxygens (including phenoxy) is 1. The van der Waals surface area contributed by atoms with Crippen LogP contribution in [-0.4, -0.2) is 30.3 Å². The van der Waals surface area contributed by atoms with Crippen molar-refractivity contribution < 1.29 is 14.6 Å². The molecule has 2 rings (SSSR count). The number of amides is 1. The van der Waals surface area contributed by atoms with E-state index in [0.717, 1.165) is 16.2 Å². The fourth-order valence-corrected chi connectivity index (χ4v) is 2.87. The fraction of sp³-hybridized carbons (Fsp3) is 0.353. The maximum absolute atomic E-state index is 11.9. The van der Waals surface area contributed by atoms with Crippen molar-refractivity contribution in [3.05, 3.63) is 52.2 Å². The zero-order chi connectivity index (χ0) is 16.0. The first-order valence-electron chi connectivity index (χ1n) is 7.13. The Morgan fingerprint density at radius 1 is 1.32 bits per heavy atom. The molecule has 0 aliphatic rings. The van der Waals surface area contributed by atoms with Crippen LogP contribution in [0.15, 0.2) is 41.8 Å². The predicted molar refractivity (Wildman–Crippen MR) is 88.4 cm³/mol. The van der Waals surface area contributed by atoms with Gasteiger partial charge in [-0.15, -0.1) is 11.3 Å². The van der Waals surface area contributed by atoms with Crippen molar-refractivity contribution in [1.82, 2.24) is 5.32 Å². The van der Waals surface area contributed by atoms with Crippen molar-refractivity contribution in [2.24, 2.45) is 0 Å². The highest BCUT2D eigenvalue weighted by Crippen LogP contribution is 2.17. The molecule has 0 aliphatic heterocycles. The number of methoxy groups -OCH3 is 1. The van der Waals surface area contributed by atoms with E-state index >= 15 is 0 Å². The van der Waals surface area contributed by atoms with Crippen LogP contribution in [0.3, 0.4) is 0 Å². The summed E-state index contributed by atoms with van der Waals surface area (Å²) in [6.07, 6.45) is 0.826. The third kappa shape index (κ3) is 5.16. The van der Waals surface area contributed by atoms with Crippen LogP contribution in [0.2, 0.25) is 0 Å². The molecule has 0 radical (unpaired) electrons. The molecule has 2 N–H and O–H groups in total. The number of nitrogens with one attached hydrogen (secondary N) is 1. The molecule has 2 aromatic rings. The Kier molecular flexibility index (Phi) is 5.57. The van der Waals surface area contributed by atoms with Gasteiger partial charge in [0.1, 0.15) is 5.75 Å². The van der Waals surface area contributed by atoms with Gasteiger partial charge in [-0.1, -0.05) is 18.2 Å². The van der Waals surface area contributed by atoms with Crippen LogP contribution in [0.4, 0.5) is 0 Å². The van der Waals surface area contributed by atoms with Gasteiger partial charge < -0.3 is 15.2 Å². The third-order valence-electron chi connectivity index (χ3n) is 3.33. The molecule has 4 nitrogen and oxygen atoms in total. The first-order valence-corrected chi connectivity index (χ1v) is 8.01. The predicted octanol–water partition coefficient (Wildman–Crippen LogP) is 2.41. The molecule has 5 heteroatoms. The molecule has 0 saturated heterocycles. The summed E-state index contributed by atoms with van der Waals surface area (Å²) < 4.78 is 5.11. The normalized spacial score (nSPS) is 13.4. The molecular formula is C17H21NO3S. The van der Waals surface area contributed by atoms with Crippen molar-refractivity contribution in [1.29, 1.82) is 0 Å². The van der Waals surface area contributed by atoms with E-state index in [4.69, 9.17) is 4.74 Å². The van der Waals surface area contributed by atoms with Gasteiger partial charge in [-0.25, -0.2) is 0 Å². The largest absolute Gasteiger partial charge is 0.497 e. The van der Waals surface area contributed by atoms with E-state index < -0.39 is 5.60 Å². The van der Waals surface area contributed by atoms with E-state index in [-0.39, 0.29) is 12.5 Å². The molecule has 0 bridgehead atoms. The minimum absolute atomic E-state index is 0.0718. The van der Waals surface area contributed by atoms with E-state index in [1.54, 1.807) is 25.4 Å². The number of carbonyl (C=O) groups is 1. The Labute approximate surface area is 134 Å². The van der Waals surface area contributed by atoms with E-state index in [1.807, 2.05) is 41.8 Å². The van der Waals surface area contributed by atoms with Gasteiger partial charge in [0.05, 0.1) is 19.1 Å². The monoisotopic (exact) mass is 319 g/mol. The van der Waals surface area contributed by atoms with Crippen LogP contribution in [0.25, 0.3) is 0 Å². The van der Waals surface area contributed by atoms with Gasteiger partial charge in [0.25, 0.3) is 0 Å². The molecule has 1 amide bonds. The van der Waals surface area contributed by atoms with Gasteiger partial charge in [-0.3, -0.25) is 4.79 Å². The molecule has 118 valence electrons. The van der Waals surface area contributed by atoms with Crippen LogP contribution in [0, 0.1) is 0 Å². The van der Waals surface area contributed by atoms with Gasteiger partial charge in [0.2, 0.25) is 5.91 Å². The fourth-order valence-electron chi connectivity index (χ4n) is 2.17. The summed E-state index contributed by atoms with van der Waals surface area (Å²) in [6, 6.07) is 11.4. The van der Waals surface area contributed by atoms with E-state index in [0.29, 0.717) is 12.8 Å². The number of hydrogen-bond donors (Lipinski definition) is 2. The lowest BCUT2D eigenvalue weighted by molar-refractivity contribution is -0.121. The van der Waals surface area contributed by atoms with Gasteiger partial charge in [0.15, 0.2) is 0 Å². The lowest BCUT2D eigenvalue weighted by Crippen LogP contribution is -2.42. The second kappa shape index (κ2) is 7.42. The Balaban J connectivity index is 1.83. The number of hydrogen-bond acceptors (Lipinski definition) is 4. The molecule has 1 heterocycles. The number of thiophene rings is 1. The summed E-state index contributed by atoms with van der Waals surface area (Å²) in [7, 11) is 1.62. The summed E-state index contributed by atoms with van der Waals surface area (Å²) in [5, 5.41) is 15.2. The lowest BCUT2D eigenvalue weighted by Gasteiger charge is -2.24. The van der Waals surface area contributed by atoms with Crippen molar-refractivity contribution in [2.75, 3.05) is 13.7 Å². The number of carbonyl (C=O) groups excluding carboxylic acids is 1. The third-order valence-corrected chi connectivity index (χ3v) is 4.20. The van der Waals surface area contributed by atoms with E-state index in [9.17, 15) is 9.90 Å². The first-order chi connectivity index (χ1) is 10.5. The van der Waals surface area contributed by atoms with Gasteiger partial charge in [-0.05, 0) is 36.1 Å². The zero-order valence-electron chi connectivity index (χ0n) is 12.8. The molecule has 1 atom stereocenters. The Bertz CT molecular complexity index is 591. The van der Waals surface area contributed by atoms with Crippen LogP contribution in [0.1, 0.15) is 17.4 Å². The smallest absolute Gasteiger partial charge is 0.225 e. The minimum atomic E-state index is -0.986. The Morgan fingerprint density at radius 2 is 2.05 bits per heavy atom. The average molecular weight is 319 g/mol. The Hall–Kier alpha value is -1.85. The summed E-state index contributed by atoms with van der Waals surface area (Å²) in [6.45, 7) is 1.95. The molecule has 0 spiro atoms. The van der Waals surface area contributed by atoms with E-state index in [2.05, 4.69) is 5.32 Å². The number of aliphatic hydroxyl groups is 1.